The molecule has 0 aliphatic heterocycles. The summed E-state index contributed by atoms with van der Waals surface area (Å²) in [6, 6.07) is 0. The van der Waals surface area contributed by atoms with Gasteiger partial charge in [0.05, 0.1) is 12.0 Å². The molecule has 28 heavy (non-hydrogen) atoms. The normalized spacial score (nSPS) is 11.9. The van der Waals surface area contributed by atoms with Crippen LogP contribution in [0.25, 0.3) is 0 Å². The fraction of sp³-hybridized carbons (Fsp3) is 0.913. The Morgan fingerprint density at radius 3 is 1.46 bits per heavy atom. The number of hydrogen-bond acceptors (Lipinski definition) is 5. The molecule has 0 unspecified atom stereocenters. The van der Waals surface area contributed by atoms with E-state index < -0.39 is 5.41 Å². The van der Waals surface area contributed by atoms with E-state index in [9.17, 15) is 14.7 Å². The number of hydrogen-bond donors (Lipinski definition) is 1. The van der Waals surface area contributed by atoms with Crippen molar-refractivity contribution in [2.75, 3.05) is 19.8 Å². The second kappa shape index (κ2) is 15.8. The summed E-state index contributed by atoms with van der Waals surface area (Å²) >= 11 is 0. The molecular weight excluding hydrogens is 356 g/mol. The molecule has 0 aromatic rings. The van der Waals surface area contributed by atoms with Gasteiger partial charge in [0.15, 0.2) is 0 Å². The maximum Gasteiger partial charge on any atom is 0.305 e. The Hall–Kier alpha value is -1.10. The fourth-order valence-corrected chi connectivity index (χ4v) is 2.78. The van der Waals surface area contributed by atoms with E-state index in [4.69, 9.17) is 9.47 Å². The van der Waals surface area contributed by atoms with Gasteiger partial charge in [0, 0.05) is 12.8 Å². The largest absolute Gasteiger partial charge is 0.465 e. The molecule has 0 heterocycles. The van der Waals surface area contributed by atoms with Crippen molar-refractivity contribution in [1.82, 2.24) is 0 Å². The Kier molecular flexibility index (Phi) is 15.2. The summed E-state index contributed by atoms with van der Waals surface area (Å²) in [4.78, 5) is 23.8. The molecule has 0 fully saturated rings. The number of carbonyl (C=O) groups excluding carboxylic acids is 2. The molecule has 0 spiro atoms. The molecule has 166 valence electrons. The number of rotatable bonds is 17. The van der Waals surface area contributed by atoms with Crippen molar-refractivity contribution in [3.05, 3.63) is 0 Å². The van der Waals surface area contributed by atoms with E-state index in [1.165, 1.54) is 12.8 Å². The lowest BCUT2D eigenvalue weighted by molar-refractivity contribution is -0.155. The van der Waals surface area contributed by atoms with Crippen molar-refractivity contribution in [3.63, 3.8) is 0 Å². The fourth-order valence-electron chi connectivity index (χ4n) is 2.78. The minimum atomic E-state index is -0.749. The lowest BCUT2D eigenvalue weighted by atomic mass is 9.94. The molecule has 5 heteroatoms. The highest BCUT2D eigenvalue weighted by atomic mass is 16.5. The first kappa shape index (κ1) is 26.9. The van der Waals surface area contributed by atoms with E-state index in [0.29, 0.717) is 24.7 Å². The van der Waals surface area contributed by atoms with Gasteiger partial charge >= 0.3 is 11.9 Å². The van der Waals surface area contributed by atoms with Crippen LogP contribution in [0.3, 0.4) is 0 Å². The molecule has 0 atom stereocenters. The van der Waals surface area contributed by atoms with Crippen LogP contribution in [-0.2, 0) is 19.1 Å². The molecule has 0 aliphatic carbocycles. The summed E-state index contributed by atoms with van der Waals surface area (Å²) in [5.41, 5.74) is -0.749. The first-order chi connectivity index (χ1) is 13.2. The zero-order valence-electron chi connectivity index (χ0n) is 18.9. The number of carbonyl (C=O) groups is 2. The van der Waals surface area contributed by atoms with Crippen LogP contribution in [0.5, 0.6) is 0 Å². The van der Waals surface area contributed by atoms with Crippen LogP contribution in [0.1, 0.15) is 98.8 Å². The van der Waals surface area contributed by atoms with Gasteiger partial charge in [-0.05, 0) is 24.7 Å². The van der Waals surface area contributed by atoms with E-state index in [2.05, 4.69) is 27.7 Å². The Bertz CT molecular complexity index is 383. The molecule has 0 aromatic heterocycles. The molecule has 0 bridgehead atoms. The van der Waals surface area contributed by atoms with Gasteiger partial charge in [0.2, 0.25) is 0 Å². The van der Waals surface area contributed by atoms with Crippen LogP contribution in [0.2, 0.25) is 0 Å². The molecule has 0 aliphatic rings. The van der Waals surface area contributed by atoms with E-state index in [0.717, 1.165) is 38.5 Å². The average molecular weight is 401 g/mol. The number of unbranched alkanes of at least 4 members (excludes halogenated alkanes) is 4. The molecule has 0 amide bonds. The highest BCUT2D eigenvalue weighted by Crippen LogP contribution is 2.18. The van der Waals surface area contributed by atoms with E-state index >= 15 is 0 Å². The van der Waals surface area contributed by atoms with Gasteiger partial charge in [-0.2, -0.15) is 0 Å². The van der Waals surface area contributed by atoms with Gasteiger partial charge in [-0.3, -0.25) is 9.59 Å². The monoisotopic (exact) mass is 400 g/mol. The first-order valence-corrected chi connectivity index (χ1v) is 11.1. The van der Waals surface area contributed by atoms with Gasteiger partial charge in [-0.15, -0.1) is 0 Å². The van der Waals surface area contributed by atoms with Gasteiger partial charge in [-0.25, -0.2) is 0 Å². The summed E-state index contributed by atoms with van der Waals surface area (Å²) in [6.45, 7) is 10.5. The third-order valence-corrected chi connectivity index (χ3v) is 4.87. The zero-order chi connectivity index (χ0) is 21.4. The highest BCUT2D eigenvalue weighted by molar-refractivity contribution is 5.69. The van der Waals surface area contributed by atoms with Gasteiger partial charge < -0.3 is 14.6 Å². The quantitative estimate of drug-likeness (QED) is 0.265. The van der Waals surface area contributed by atoms with E-state index in [1.807, 2.05) is 0 Å². The lowest BCUT2D eigenvalue weighted by Crippen LogP contribution is -2.35. The van der Waals surface area contributed by atoms with E-state index in [-0.39, 0.29) is 31.8 Å². The second-order valence-electron chi connectivity index (χ2n) is 9.28. The molecule has 1 N–H and O–H groups in total. The molecule has 5 nitrogen and oxygen atoms in total. The van der Waals surface area contributed by atoms with Crippen LogP contribution in [-0.4, -0.2) is 36.9 Å². The Morgan fingerprint density at radius 1 is 0.750 bits per heavy atom. The van der Waals surface area contributed by atoms with Gasteiger partial charge in [-0.1, -0.05) is 73.1 Å². The summed E-state index contributed by atoms with van der Waals surface area (Å²) in [5.74, 6) is 0.890. The van der Waals surface area contributed by atoms with Crippen molar-refractivity contribution in [1.29, 1.82) is 0 Å². The van der Waals surface area contributed by atoms with Crippen molar-refractivity contribution >= 4 is 11.9 Å². The SMILES string of the molecule is CC(C)CCCCCC(=O)OCC(C)(CO)COC(=O)CCCCCC(C)C. The van der Waals surface area contributed by atoms with Crippen LogP contribution in [0.15, 0.2) is 0 Å². The van der Waals surface area contributed by atoms with Gasteiger partial charge in [0.1, 0.15) is 13.2 Å². The third kappa shape index (κ3) is 15.9. The summed E-state index contributed by atoms with van der Waals surface area (Å²) in [7, 11) is 0. The van der Waals surface area contributed by atoms with Crippen LogP contribution in [0.4, 0.5) is 0 Å². The number of aliphatic hydroxyl groups is 1. The zero-order valence-corrected chi connectivity index (χ0v) is 18.9. The minimum Gasteiger partial charge on any atom is -0.465 e. The summed E-state index contributed by atoms with van der Waals surface area (Å²) in [6.07, 6.45) is 9.13. The van der Waals surface area contributed by atoms with Crippen molar-refractivity contribution < 1.29 is 24.2 Å². The van der Waals surface area contributed by atoms with Crippen molar-refractivity contribution in [2.24, 2.45) is 17.3 Å². The van der Waals surface area contributed by atoms with Crippen molar-refractivity contribution in [3.8, 4) is 0 Å². The maximum absolute atomic E-state index is 11.9. The lowest BCUT2D eigenvalue weighted by Gasteiger charge is -2.26. The molecule has 0 radical (unpaired) electrons. The number of aliphatic hydroxyl groups excluding tert-OH is 1. The summed E-state index contributed by atoms with van der Waals surface area (Å²) < 4.78 is 10.6. The summed E-state index contributed by atoms with van der Waals surface area (Å²) in [5, 5.41) is 9.62. The molecule has 0 saturated heterocycles. The highest BCUT2D eigenvalue weighted by Gasteiger charge is 2.27. The van der Waals surface area contributed by atoms with Crippen LogP contribution >= 0.6 is 0 Å². The van der Waals surface area contributed by atoms with E-state index in [1.54, 1.807) is 6.92 Å². The van der Waals surface area contributed by atoms with Crippen molar-refractivity contribution in [2.45, 2.75) is 98.8 Å². The molecule has 0 rings (SSSR count). The smallest absolute Gasteiger partial charge is 0.305 e. The number of esters is 2. The molecular formula is C23H44O5. The average Bonchev–Trinajstić information content (AvgIpc) is 2.63. The Morgan fingerprint density at radius 2 is 1.14 bits per heavy atom. The maximum atomic E-state index is 11.9. The predicted octanol–water partition coefficient (Wildman–Crippen LogP) is 5.28. The van der Waals surface area contributed by atoms with Crippen LogP contribution in [0, 0.1) is 17.3 Å². The van der Waals surface area contributed by atoms with Crippen LogP contribution < -0.4 is 0 Å². The minimum absolute atomic E-state index is 0.0655. The standard InChI is InChI=1S/C23H44O5/c1-19(2)12-8-6-10-14-21(25)27-17-23(5,16-24)18-28-22(26)15-11-7-9-13-20(3)4/h19-20,24H,6-18H2,1-5H3. The first-order valence-electron chi connectivity index (χ1n) is 11.1. The second-order valence-corrected chi connectivity index (χ2v) is 9.28. The topological polar surface area (TPSA) is 72.8 Å². The Balaban J connectivity index is 3.94. The number of ether oxygens (including phenoxy) is 2. The third-order valence-electron chi connectivity index (χ3n) is 4.87. The molecule has 0 aromatic carbocycles. The Labute approximate surface area is 172 Å². The predicted molar refractivity (Wildman–Crippen MR) is 113 cm³/mol. The molecule has 0 saturated carbocycles. The van der Waals surface area contributed by atoms with Gasteiger partial charge in [0.25, 0.3) is 0 Å².